The molecule has 2 saturated heterocycles. The van der Waals surface area contributed by atoms with Gasteiger partial charge in [-0.05, 0) is 38.0 Å². The smallest absolute Gasteiger partial charge is 0.201 e. The van der Waals surface area contributed by atoms with Gasteiger partial charge in [0.15, 0.2) is 0 Å². The largest absolute Gasteiger partial charge is 0.268 e. The number of fused-ring (bicyclic) bond motifs is 2. The van der Waals surface area contributed by atoms with Crippen LogP contribution in [-0.2, 0) is 0 Å². The van der Waals surface area contributed by atoms with Gasteiger partial charge in [-0.25, -0.2) is 9.37 Å². The molecular weight excluding hydrogens is 355 g/mol. The van der Waals surface area contributed by atoms with Crippen LogP contribution in [0.25, 0.3) is 10.2 Å². The zero-order chi connectivity index (χ0) is 16.3. The van der Waals surface area contributed by atoms with Crippen LogP contribution in [0.2, 0.25) is 5.02 Å². The monoisotopic (exact) mass is 368 g/mol. The highest BCUT2D eigenvalue weighted by molar-refractivity contribution is 7.80. The third-order valence-corrected chi connectivity index (χ3v) is 5.79. The molecule has 0 N–H and O–H groups in total. The van der Waals surface area contributed by atoms with E-state index < -0.39 is 5.82 Å². The van der Waals surface area contributed by atoms with Crippen LogP contribution in [0.1, 0.15) is 17.8 Å². The van der Waals surface area contributed by atoms with Crippen molar-refractivity contribution in [2.24, 2.45) is 0 Å². The molecule has 2 fully saturated rings. The molecule has 0 amide bonds. The SMILES string of the molecule is C=C1N(c2c(F)cc(Cl)c3nc(C)sc23)C(=S)N2CCCCN12. The summed E-state index contributed by atoms with van der Waals surface area (Å²) in [5.74, 6) is 0.277. The lowest BCUT2D eigenvalue weighted by atomic mass is 10.2. The second kappa shape index (κ2) is 5.29. The van der Waals surface area contributed by atoms with Gasteiger partial charge in [0.25, 0.3) is 0 Å². The van der Waals surface area contributed by atoms with Crippen LogP contribution in [0.3, 0.4) is 0 Å². The van der Waals surface area contributed by atoms with Gasteiger partial charge in [-0.15, -0.1) is 11.3 Å². The zero-order valence-electron chi connectivity index (χ0n) is 12.5. The molecule has 4 rings (SSSR count). The van der Waals surface area contributed by atoms with Crippen molar-refractivity contribution in [3.05, 3.63) is 34.3 Å². The Morgan fingerprint density at radius 3 is 2.74 bits per heavy atom. The first kappa shape index (κ1) is 15.1. The highest BCUT2D eigenvalue weighted by Gasteiger charge is 2.40. The van der Waals surface area contributed by atoms with E-state index in [2.05, 4.69) is 11.6 Å². The highest BCUT2D eigenvalue weighted by atomic mass is 35.5. The predicted molar refractivity (Wildman–Crippen MR) is 96.2 cm³/mol. The summed E-state index contributed by atoms with van der Waals surface area (Å²) in [6.07, 6.45) is 2.14. The summed E-state index contributed by atoms with van der Waals surface area (Å²) in [4.78, 5) is 6.13. The van der Waals surface area contributed by atoms with Gasteiger partial charge in [0.1, 0.15) is 22.8 Å². The summed E-state index contributed by atoms with van der Waals surface area (Å²) in [7, 11) is 0. The van der Waals surface area contributed by atoms with Gasteiger partial charge in [-0.2, -0.15) is 0 Å². The fourth-order valence-corrected chi connectivity index (χ4v) is 4.76. The average Bonchev–Trinajstić information content (AvgIpc) is 3.02. The maximum absolute atomic E-state index is 14.8. The number of rotatable bonds is 1. The molecule has 8 heteroatoms. The van der Waals surface area contributed by atoms with Gasteiger partial charge in [0.05, 0.1) is 14.7 Å². The molecule has 0 bridgehead atoms. The minimum atomic E-state index is -0.407. The fourth-order valence-electron chi connectivity index (χ4n) is 3.11. The molecule has 0 aliphatic carbocycles. The first-order valence-corrected chi connectivity index (χ1v) is 8.92. The molecular formula is C15H14ClFN4S2. The van der Waals surface area contributed by atoms with E-state index in [-0.39, 0.29) is 0 Å². The predicted octanol–water partition coefficient (Wildman–Crippen LogP) is 4.29. The van der Waals surface area contributed by atoms with Crippen LogP contribution in [-0.4, -0.2) is 33.2 Å². The van der Waals surface area contributed by atoms with Gasteiger partial charge in [-0.3, -0.25) is 14.9 Å². The van der Waals surface area contributed by atoms with Crippen molar-refractivity contribution in [1.82, 2.24) is 15.0 Å². The quantitative estimate of drug-likeness (QED) is 0.698. The van der Waals surface area contributed by atoms with Crippen molar-refractivity contribution in [1.29, 1.82) is 0 Å². The van der Waals surface area contributed by atoms with Crippen molar-refractivity contribution >= 4 is 56.2 Å². The van der Waals surface area contributed by atoms with Crippen LogP contribution in [0, 0.1) is 12.7 Å². The number of aryl methyl sites for hydroxylation is 1. The van der Waals surface area contributed by atoms with Gasteiger partial charge < -0.3 is 0 Å². The number of thiazole rings is 1. The third kappa shape index (κ3) is 2.14. The Labute approximate surface area is 147 Å². The molecule has 1 aromatic carbocycles. The summed E-state index contributed by atoms with van der Waals surface area (Å²) < 4.78 is 15.5. The Bertz CT molecular complexity index is 826. The number of benzene rings is 1. The Morgan fingerprint density at radius 1 is 1.35 bits per heavy atom. The zero-order valence-corrected chi connectivity index (χ0v) is 14.9. The first-order chi connectivity index (χ1) is 11.0. The van der Waals surface area contributed by atoms with Gasteiger partial charge in [-0.1, -0.05) is 18.2 Å². The highest BCUT2D eigenvalue weighted by Crippen LogP contribution is 2.42. The van der Waals surface area contributed by atoms with Crippen LogP contribution < -0.4 is 4.90 Å². The fraction of sp³-hybridized carbons (Fsp3) is 0.333. The minimum Gasteiger partial charge on any atom is -0.268 e. The molecule has 0 spiro atoms. The molecule has 2 aliphatic rings. The van der Waals surface area contributed by atoms with E-state index in [1.807, 2.05) is 16.9 Å². The Morgan fingerprint density at radius 2 is 2.04 bits per heavy atom. The molecule has 0 saturated carbocycles. The maximum Gasteiger partial charge on any atom is 0.201 e. The van der Waals surface area contributed by atoms with Gasteiger partial charge in [0.2, 0.25) is 5.11 Å². The first-order valence-electron chi connectivity index (χ1n) is 7.32. The summed E-state index contributed by atoms with van der Waals surface area (Å²) in [5, 5.41) is 5.74. The van der Waals surface area contributed by atoms with Gasteiger partial charge in [0, 0.05) is 13.1 Å². The number of halogens is 2. The second-order valence-electron chi connectivity index (χ2n) is 5.59. The summed E-state index contributed by atoms with van der Waals surface area (Å²) in [6.45, 7) is 7.68. The standard InChI is InChI=1S/C15H14ClFN4S2/c1-8-18-12-10(16)7-11(17)13(14(12)23-8)21-9(2)19-5-3-4-6-20(19)15(21)22/h7H,2-6H2,1H3. The molecule has 0 atom stereocenters. The van der Waals surface area contributed by atoms with Crippen molar-refractivity contribution in [2.75, 3.05) is 18.0 Å². The van der Waals surface area contributed by atoms with Crippen LogP contribution in [0.15, 0.2) is 18.5 Å². The lowest BCUT2D eigenvalue weighted by Crippen LogP contribution is -2.42. The van der Waals surface area contributed by atoms with Crippen LogP contribution in [0.5, 0.6) is 0 Å². The minimum absolute atomic E-state index is 0.319. The third-order valence-electron chi connectivity index (χ3n) is 4.13. The molecule has 2 aromatic rings. The Balaban J connectivity index is 1.92. The van der Waals surface area contributed by atoms with E-state index >= 15 is 0 Å². The van der Waals surface area contributed by atoms with E-state index in [1.54, 1.807) is 4.90 Å². The van der Waals surface area contributed by atoms with Crippen LogP contribution >= 0.6 is 35.2 Å². The maximum atomic E-state index is 14.8. The number of nitrogens with zero attached hydrogens (tertiary/aromatic N) is 4. The number of hydrazine groups is 1. The molecule has 3 heterocycles. The average molecular weight is 369 g/mol. The second-order valence-corrected chi connectivity index (χ2v) is 7.56. The van der Waals surface area contributed by atoms with Crippen molar-refractivity contribution in [2.45, 2.75) is 19.8 Å². The molecule has 1 aromatic heterocycles. The number of thiocarbonyl (C=S) groups is 1. The number of hydrogen-bond acceptors (Lipinski definition) is 4. The Kier molecular flexibility index (Phi) is 3.48. The number of anilines is 1. The van der Waals surface area contributed by atoms with Crippen molar-refractivity contribution < 1.29 is 4.39 Å². The van der Waals surface area contributed by atoms with Crippen molar-refractivity contribution in [3.8, 4) is 0 Å². The molecule has 120 valence electrons. The van der Waals surface area contributed by atoms with Crippen LogP contribution in [0.4, 0.5) is 10.1 Å². The lowest BCUT2D eigenvalue weighted by molar-refractivity contribution is 0.0757. The van der Waals surface area contributed by atoms with Crippen molar-refractivity contribution in [3.63, 3.8) is 0 Å². The molecule has 23 heavy (non-hydrogen) atoms. The number of hydrogen-bond donors (Lipinski definition) is 0. The summed E-state index contributed by atoms with van der Waals surface area (Å²) in [5.41, 5.74) is 1.01. The molecule has 2 aliphatic heterocycles. The molecule has 0 unspecified atom stereocenters. The van der Waals surface area contributed by atoms with E-state index in [9.17, 15) is 4.39 Å². The summed E-state index contributed by atoms with van der Waals surface area (Å²) >= 11 is 13.2. The topological polar surface area (TPSA) is 22.6 Å². The molecule has 0 radical (unpaired) electrons. The lowest BCUT2D eigenvalue weighted by Gasteiger charge is -2.33. The van der Waals surface area contributed by atoms with Gasteiger partial charge >= 0.3 is 0 Å². The Hall–Kier alpha value is -1.44. The summed E-state index contributed by atoms with van der Waals surface area (Å²) in [6, 6.07) is 1.31. The normalized spacial score (nSPS) is 18.3. The van der Waals surface area contributed by atoms with E-state index in [0.717, 1.165) is 30.9 Å². The van der Waals surface area contributed by atoms with E-state index in [4.69, 9.17) is 23.8 Å². The van der Waals surface area contributed by atoms with E-state index in [0.29, 0.717) is 31.9 Å². The number of aromatic nitrogens is 1. The molecule has 4 nitrogen and oxygen atoms in total. The van der Waals surface area contributed by atoms with E-state index in [1.165, 1.54) is 17.4 Å².